The molecular weight excluding hydrogens is 216 g/mol. The summed E-state index contributed by atoms with van der Waals surface area (Å²) in [6.45, 7) is 4.40. The third kappa shape index (κ3) is 4.50. The van der Waals surface area contributed by atoms with Gasteiger partial charge in [-0.2, -0.15) is 0 Å². The van der Waals surface area contributed by atoms with Crippen molar-refractivity contribution in [3.8, 4) is 0 Å². The van der Waals surface area contributed by atoms with Gasteiger partial charge in [-0.25, -0.2) is 0 Å². The van der Waals surface area contributed by atoms with Gasteiger partial charge in [0.05, 0.1) is 0 Å². The Balaban J connectivity index is 2.61. The zero-order chi connectivity index (χ0) is 11.8. The molecule has 0 aromatic heterocycles. The number of allylic oxidation sites excluding steroid dienone is 4. The Hall–Kier alpha value is -1.27. The van der Waals surface area contributed by atoms with Crippen molar-refractivity contribution in [1.82, 2.24) is 0 Å². The summed E-state index contributed by atoms with van der Waals surface area (Å²) in [5, 5.41) is 0. The Labute approximate surface area is 103 Å². The molecule has 1 aromatic rings. The van der Waals surface area contributed by atoms with Gasteiger partial charge in [0.15, 0.2) is 0 Å². The molecule has 0 aliphatic carbocycles. The summed E-state index contributed by atoms with van der Waals surface area (Å²) in [7, 11) is 0. The number of halogens is 1. The molecule has 0 heterocycles. The van der Waals surface area contributed by atoms with Crippen LogP contribution >= 0.6 is 11.6 Å². The van der Waals surface area contributed by atoms with Gasteiger partial charge in [-0.3, -0.25) is 0 Å². The van der Waals surface area contributed by atoms with Crippen LogP contribution < -0.4 is 0 Å². The van der Waals surface area contributed by atoms with Crippen molar-refractivity contribution in [3.63, 3.8) is 0 Å². The van der Waals surface area contributed by atoms with E-state index in [-0.39, 0.29) is 0 Å². The van der Waals surface area contributed by atoms with E-state index >= 15 is 0 Å². The van der Waals surface area contributed by atoms with Crippen molar-refractivity contribution in [2.45, 2.75) is 19.8 Å². The lowest BCUT2D eigenvalue weighted by Crippen LogP contribution is -1.85. The molecule has 0 unspecified atom stereocenters. The molecule has 0 N–H and O–H groups in total. The van der Waals surface area contributed by atoms with Crippen molar-refractivity contribution in [1.29, 1.82) is 0 Å². The van der Waals surface area contributed by atoms with Gasteiger partial charge in [-0.1, -0.05) is 80.1 Å². The van der Waals surface area contributed by atoms with Crippen LogP contribution in [0.25, 0.3) is 6.08 Å². The van der Waals surface area contributed by atoms with E-state index in [0.29, 0.717) is 5.92 Å². The Morgan fingerprint density at radius 2 is 1.56 bits per heavy atom. The third-order valence-corrected chi connectivity index (χ3v) is 2.44. The van der Waals surface area contributed by atoms with Crippen LogP contribution in [0, 0.1) is 0 Å². The molecule has 0 saturated heterocycles. The van der Waals surface area contributed by atoms with E-state index in [0.717, 1.165) is 0 Å². The molecule has 1 rings (SSSR count). The van der Waals surface area contributed by atoms with Gasteiger partial charge in [0.1, 0.15) is 0 Å². The third-order valence-electron chi connectivity index (χ3n) is 2.30. The van der Waals surface area contributed by atoms with E-state index < -0.39 is 0 Å². The second-order valence-electron chi connectivity index (χ2n) is 3.88. The first-order valence-corrected chi connectivity index (χ1v) is 5.87. The van der Waals surface area contributed by atoms with Crippen LogP contribution in [0.4, 0.5) is 0 Å². The zero-order valence-electron chi connectivity index (χ0n) is 9.73. The van der Waals surface area contributed by atoms with Crippen LogP contribution in [0.1, 0.15) is 30.9 Å². The molecule has 0 bridgehead atoms. The van der Waals surface area contributed by atoms with Crippen molar-refractivity contribution in [3.05, 3.63) is 65.2 Å². The van der Waals surface area contributed by atoms with Gasteiger partial charge in [-0.05, 0) is 17.0 Å². The minimum atomic E-state index is 0.590. The highest BCUT2D eigenvalue weighted by Gasteiger charge is 1.96. The summed E-state index contributed by atoms with van der Waals surface area (Å²) in [5.74, 6) is 0.590. The summed E-state index contributed by atoms with van der Waals surface area (Å²) >= 11 is 5.39. The standard InChI is InChI=1S/C15H17Cl/c1-13(2)15-10-8-14(9-11-15)7-5-3-4-6-12-16/h3-13H,1-2H3/b4-3+,7-5+,12-6+. The number of rotatable bonds is 4. The SMILES string of the molecule is CC(C)c1ccc(/C=C/C=C/C=C/Cl)cc1. The number of hydrogen-bond donors (Lipinski definition) is 0. The van der Waals surface area contributed by atoms with Gasteiger partial charge in [0.25, 0.3) is 0 Å². The zero-order valence-corrected chi connectivity index (χ0v) is 10.5. The largest absolute Gasteiger partial charge is 0.0930 e. The highest BCUT2D eigenvalue weighted by molar-refractivity contribution is 6.25. The van der Waals surface area contributed by atoms with Gasteiger partial charge in [-0.15, -0.1) is 0 Å². The summed E-state index contributed by atoms with van der Waals surface area (Å²) in [5.41, 5.74) is 4.07. The maximum absolute atomic E-state index is 5.39. The Morgan fingerprint density at radius 1 is 0.938 bits per heavy atom. The van der Waals surface area contributed by atoms with Gasteiger partial charge >= 0.3 is 0 Å². The van der Waals surface area contributed by atoms with Crippen molar-refractivity contribution in [2.75, 3.05) is 0 Å². The van der Waals surface area contributed by atoms with E-state index in [1.54, 1.807) is 6.08 Å². The lowest BCUT2D eigenvalue weighted by molar-refractivity contribution is 0.866. The molecule has 0 aliphatic heterocycles. The Morgan fingerprint density at radius 3 is 2.12 bits per heavy atom. The summed E-state index contributed by atoms with van der Waals surface area (Å²) in [6, 6.07) is 8.62. The van der Waals surface area contributed by atoms with Crippen LogP contribution in [-0.4, -0.2) is 0 Å². The molecule has 0 nitrogen and oxygen atoms in total. The molecular formula is C15H17Cl. The van der Waals surface area contributed by atoms with Gasteiger partial charge < -0.3 is 0 Å². The first-order valence-electron chi connectivity index (χ1n) is 5.44. The van der Waals surface area contributed by atoms with Gasteiger partial charge in [0.2, 0.25) is 0 Å². The average molecular weight is 233 g/mol. The average Bonchev–Trinajstić information content (AvgIpc) is 2.29. The topological polar surface area (TPSA) is 0 Å². The predicted molar refractivity (Wildman–Crippen MR) is 73.7 cm³/mol. The molecule has 0 spiro atoms. The first-order chi connectivity index (χ1) is 7.74. The van der Waals surface area contributed by atoms with E-state index in [2.05, 4.69) is 44.2 Å². The maximum Gasteiger partial charge on any atom is 0.00424 e. The fourth-order valence-electron chi connectivity index (χ4n) is 1.33. The van der Waals surface area contributed by atoms with Crippen LogP contribution in [0.3, 0.4) is 0 Å². The summed E-state index contributed by atoms with van der Waals surface area (Å²) in [4.78, 5) is 0. The van der Waals surface area contributed by atoms with Crippen LogP contribution in [-0.2, 0) is 0 Å². The lowest BCUT2D eigenvalue weighted by Gasteiger charge is -2.04. The van der Waals surface area contributed by atoms with Crippen LogP contribution in [0.5, 0.6) is 0 Å². The second-order valence-corrected chi connectivity index (χ2v) is 4.14. The van der Waals surface area contributed by atoms with E-state index in [1.165, 1.54) is 16.7 Å². The Kier molecular flexibility index (Phi) is 5.66. The molecule has 0 amide bonds. The molecule has 0 fully saturated rings. The fourth-order valence-corrected chi connectivity index (χ4v) is 1.41. The minimum Gasteiger partial charge on any atom is -0.0930 e. The smallest absolute Gasteiger partial charge is 0.00424 e. The normalized spacial score (nSPS) is 12.5. The first kappa shape index (κ1) is 12.8. The fraction of sp³-hybridized carbons (Fsp3) is 0.200. The summed E-state index contributed by atoms with van der Waals surface area (Å²) < 4.78 is 0. The van der Waals surface area contributed by atoms with Gasteiger partial charge in [0, 0.05) is 5.54 Å². The lowest BCUT2D eigenvalue weighted by atomic mass is 10.0. The molecule has 0 saturated carbocycles. The van der Waals surface area contributed by atoms with Crippen molar-refractivity contribution >= 4 is 17.7 Å². The second kappa shape index (κ2) is 7.08. The number of hydrogen-bond acceptors (Lipinski definition) is 0. The van der Waals surface area contributed by atoms with Crippen LogP contribution in [0.15, 0.2) is 54.1 Å². The molecule has 16 heavy (non-hydrogen) atoms. The molecule has 84 valence electrons. The van der Waals surface area contributed by atoms with E-state index in [4.69, 9.17) is 11.6 Å². The van der Waals surface area contributed by atoms with Crippen molar-refractivity contribution < 1.29 is 0 Å². The minimum absolute atomic E-state index is 0.590. The molecule has 0 radical (unpaired) electrons. The molecule has 1 heteroatoms. The molecule has 0 aliphatic rings. The van der Waals surface area contributed by atoms with Crippen molar-refractivity contribution in [2.24, 2.45) is 0 Å². The quantitative estimate of drug-likeness (QED) is 0.632. The molecule has 1 aromatic carbocycles. The Bertz CT molecular complexity index is 380. The van der Waals surface area contributed by atoms with E-state index in [9.17, 15) is 0 Å². The number of benzene rings is 1. The monoisotopic (exact) mass is 232 g/mol. The van der Waals surface area contributed by atoms with Crippen LogP contribution in [0.2, 0.25) is 0 Å². The highest BCUT2D eigenvalue weighted by atomic mass is 35.5. The molecule has 0 atom stereocenters. The predicted octanol–water partition coefficient (Wildman–Crippen LogP) is 5.13. The maximum atomic E-state index is 5.39. The van der Waals surface area contributed by atoms with E-state index in [1.807, 2.05) is 18.2 Å². The highest BCUT2D eigenvalue weighted by Crippen LogP contribution is 2.15. The summed E-state index contributed by atoms with van der Waals surface area (Å²) in [6.07, 6.45) is 9.71.